The van der Waals surface area contributed by atoms with Crippen LogP contribution in [0.5, 0.6) is 0 Å². The Morgan fingerprint density at radius 1 is 0.786 bits per heavy atom. The van der Waals surface area contributed by atoms with Crippen LogP contribution in [0, 0.1) is 0 Å². The van der Waals surface area contributed by atoms with Crippen molar-refractivity contribution in [2.45, 2.75) is 27.1 Å². The monoisotopic (exact) mass is 425 g/mol. The first-order chi connectivity index (χ1) is 5.18. The van der Waals surface area contributed by atoms with E-state index >= 15 is 0 Å². The van der Waals surface area contributed by atoms with Crippen molar-refractivity contribution in [2.75, 3.05) is 0 Å². The number of rotatable bonds is 1. The van der Waals surface area contributed by atoms with Gasteiger partial charge in [0.2, 0.25) is 0 Å². The quantitative estimate of drug-likeness (QED) is 0.425. The van der Waals surface area contributed by atoms with Gasteiger partial charge in [0.1, 0.15) is 0 Å². The first-order valence-electron chi connectivity index (χ1n) is 5.02. The van der Waals surface area contributed by atoms with Crippen molar-refractivity contribution in [3.63, 3.8) is 0 Å². The number of allylic oxidation sites excluding steroid dienone is 4. The van der Waals surface area contributed by atoms with E-state index in [-0.39, 0.29) is 3.67 Å². The van der Waals surface area contributed by atoms with Crippen LogP contribution in [-0.4, -0.2) is 0 Å². The van der Waals surface area contributed by atoms with E-state index < -0.39 is 9.08 Å². The second-order valence-corrected chi connectivity index (χ2v) is 150. The Kier molecular flexibility index (Phi) is 1.21. The van der Waals surface area contributed by atoms with E-state index in [1.807, 2.05) is 47.7 Å². The van der Waals surface area contributed by atoms with Crippen LogP contribution >= 0.6 is 25.7 Å². The van der Waals surface area contributed by atoms with E-state index in [0.717, 1.165) is 0 Å². The molecule has 85 valence electrons. The van der Waals surface area contributed by atoms with Crippen molar-refractivity contribution in [1.29, 1.82) is 0 Å². The molecule has 0 aromatic carbocycles. The van der Waals surface area contributed by atoms with Gasteiger partial charge in [0.25, 0.3) is 0 Å². The molecule has 1 aliphatic rings. The van der Waals surface area contributed by atoms with Gasteiger partial charge >= 0.3 is 86.2 Å². The van der Waals surface area contributed by atoms with Gasteiger partial charge in [-0.15, -0.1) is 0 Å². The molecule has 0 saturated heterocycles. The summed E-state index contributed by atoms with van der Waals surface area (Å²) >= 11 is 0. The van der Waals surface area contributed by atoms with Gasteiger partial charge in [0, 0.05) is 0 Å². The van der Waals surface area contributed by atoms with Crippen molar-refractivity contribution in [3.05, 3.63) is 24.3 Å². The van der Waals surface area contributed by atoms with Crippen LogP contribution in [0.25, 0.3) is 0 Å². The van der Waals surface area contributed by atoms with E-state index in [2.05, 4.69) is 0 Å². The van der Waals surface area contributed by atoms with Gasteiger partial charge < -0.3 is 0 Å². The van der Waals surface area contributed by atoms with Crippen LogP contribution in [-0.2, 0) is 9.08 Å². The predicted octanol–water partition coefficient (Wildman–Crippen LogP) is 6.44. The third-order valence-electron chi connectivity index (χ3n) is 2.79. The van der Waals surface area contributed by atoms with E-state index in [0.29, 0.717) is 0 Å². The molecule has 0 unspecified atom stereocenters. The van der Waals surface area contributed by atoms with Crippen molar-refractivity contribution in [3.8, 4) is 0 Å². The summed E-state index contributed by atoms with van der Waals surface area (Å²) < 4.78 is 9.00. The maximum atomic E-state index is 7.01. The molecule has 0 atom stereocenters. The van der Waals surface area contributed by atoms with E-state index in [4.69, 9.17) is 25.7 Å². The third-order valence-corrected chi connectivity index (χ3v) is 25.1. The molecule has 4 heteroatoms. The SMILES string of the molecule is [CH3][Hf]([CH3])([CH3])([CH3])([CH3])([Cl])([Cl])([Cl])[CH]1C=CC=C1. The molecule has 0 spiro atoms. The molecule has 0 heterocycles. The van der Waals surface area contributed by atoms with Gasteiger partial charge in [0.05, 0.1) is 0 Å². The van der Waals surface area contributed by atoms with Crippen LogP contribution < -0.4 is 0 Å². The van der Waals surface area contributed by atoms with Crippen molar-refractivity contribution < 1.29 is 9.08 Å². The zero-order chi connectivity index (χ0) is 11.7. The van der Waals surface area contributed by atoms with E-state index in [1.54, 1.807) is 0 Å². The van der Waals surface area contributed by atoms with Crippen LogP contribution in [0.1, 0.15) is 0 Å². The molecule has 0 radical (unpaired) electrons. The Morgan fingerprint density at radius 3 is 1.21 bits per heavy atom. The molecule has 0 saturated carbocycles. The Labute approximate surface area is 85.3 Å². The van der Waals surface area contributed by atoms with E-state index in [1.165, 1.54) is 0 Å². The Morgan fingerprint density at radius 2 is 1.07 bits per heavy atom. The molecule has 0 bridgehead atoms. The standard InChI is InChI=1S/C5H5.5CH3.3ClH.Hf/c1-2-4-5-3-1;;;;;;;;;/h1-5H;5*1H3;3*1H;/q;;;;;;;;;+3/p-3. The zero-order valence-corrected chi connectivity index (χ0v) is 15.4. The molecule has 1 rings (SSSR count). The van der Waals surface area contributed by atoms with Crippen LogP contribution in [0.2, 0.25) is 27.1 Å². The predicted molar refractivity (Wildman–Crippen MR) is 68.9 cm³/mol. The molecular weight excluding hydrogens is 405 g/mol. The van der Waals surface area contributed by atoms with Gasteiger partial charge in [0.15, 0.2) is 0 Å². The van der Waals surface area contributed by atoms with Gasteiger partial charge in [-0.05, 0) is 0 Å². The average Bonchev–Trinajstić information content (AvgIpc) is 1.95. The zero-order valence-electron chi connectivity index (χ0n) is 9.52. The van der Waals surface area contributed by atoms with Crippen molar-refractivity contribution in [2.24, 2.45) is 0 Å². The molecule has 0 fully saturated rings. The second-order valence-electron chi connectivity index (χ2n) is 11.1. The molecule has 0 aromatic rings. The maximum absolute atomic E-state index is 7.01. The summed E-state index contributed by atoms with van der Waals surface area (Å²) in [5.74, 6) is 0. The molecule has 14 heavy (non-hydrogen) atoms. The van der Waals surface area contributed by atoms with E-state index in [9.17, 15) is 0 Å². The first kappa shape index (κ1) is 13.3. The molecule has 0 amide bonds. The third kappa shape index (κ3) is 3.37. The second kappa shape index (κ2) is 1.27. The number of halogens is 3. The average molecular weight is 425 g/mol. The van der Waals surface area contributed by atoms with Gasteiger partial charge in [-0.1, -0.05) is 0 Å². The summed E-state index contributed by atoms with van der Waals surface area (Å²) in [6.45, 7) is 0. The van der Waals surface area contributed by atoms with Crippen molar-refractivity contribution in [1.82, 2.24) is 0 Å². The summed E-state index contributed by atoms with van der Waals surface area (Å²) in [4.78, 5) is 0. The minimum atomic E-state index is -6.03. The first-order valence-corrected chi connectivity index (χ1v) is 38.4. The minimum absolute atomic E-state index is 0.151. The number of hydrogen-bond acceptors (Lipinski definition) is 0. The Bertz CT molecular complexity index is 387. The molecular formula is C10H20Cl3Hf. The Hall–Kier alpha value is 1.22. The van der Waals surface area contributed by atoms with Crippen LogP contribution in [0.15, 0.2) is 24.3 Å². The number of hydrogen-bond donors (Lipinski definition) is 0. The summed E-state index contributed by atoms with van der Waals surface area (Å²) in [7, 11) is 15.0. The summed E-state index contributed by atoms with van der Waals surface area (Å²) in [5, 5.41) is 0. The molecule has 1 aliphatic carbocycles. The molecule has 0 N–H and O–H groups in total. The summed E-state index contributed by atoms with van der Waals surface area (Å²) in [5.41, 5.74) is 0. The molecule has 0 aliphatic heterocycles. The van der Waals surface area contributed by atoms with Crippen LogP contribution in [0.4, 0.5) is 0 Å². The van der Waals surface area contributed by atoms with Crippen molar-refractivity contribution >= 4 is 25.7 Å². The fourth-order valence-corrected chi connectivity index (χ4v) is 14.5. The van der Waals surface area contributed by atoms with Gasteiger partial charge in [-0.3, -0.25) is 0 Å². The molecule has 0 aromatic heterocycles. The van der Waals surface area contributed by atoms with Crippen LogP contribution in [0.3, 0.4) is 0 Å². The van der Waals surface area contributed by atoms with Gasteiger partial charge in [-0.25, -0.2) is 0 Å². The fourth-order valence-electron chi connectivity index (χ4n) is 1.61. The van der Waals surface area contributed by atoms with Gasteiger partial charge in [-0.2, -0.15) is 0 Å². The molecule has 0 nitrogen and oxygen atoms in total. The Balaban J connectivity index is 3.92. The normalized spacial score (nSPS) is 33.3. The summed E-state index contributed by atoms with van der Waals surface area (Å²) in [6.07, 6.45) is 7.82. The topological polar surface area (TPSA) is 0 Å². The summed E-state index contributed by atoms with van der Waals surface area (Å²) in [6, 6.07) is 0. The fraction of sp³-hybridized carbons (Fsp3) is 0.600.